The van der Waals surface area contributed by atoms with E-state index in [1.54, 1.807) is 0 Å². The van der Waals surface area contributed by atoms with Gasteiger partial charge in [0.2, 0.25) is 0 Å². The molecule has 1 heterocycles. The SMILES string of the molecule is CC1(C)c2ccc(N(c3ccccc3)c3cc(N(c4ccccc4)c4ccccc4)cc4c3c3c5ccccc5ccc3n4-c3ccccc3)cc2-c2c1ccc1ccccc21. The summed E-state index contributed by atoms with van der Waals surface area (Å²) in [6, 6.07) is 82.2. The first-order valence-corrected chi connectivity index (χ1v) is 21.5. The van der Waals surface area contributed by atoms with E-state index in [0.717, 1.165) is 45.3 Å². The summed E-state index contributed by atoms with van der Waals surface area (Å²) in [6.07, 6.45) is 0. The van der Waals surface area contributed by atoms with Crippen LogP contribution in [0.5, 0.6) is 0 Å². The van der Waals surface area contributed by atoms with Gasteiger partial charge in [-0.25, -0.2) is 0 Å². The number of anilines is 6. The lowest BCUT2D eigenvalue weighted by Crippen LogP contribution is -2.16. The Labute approximate surface area is 362 Å². The number of aromatic nitrogens is 1. The molecule has 10 aromatic carbocycles. The van der Waals surface area contributed by atoms with Crippen LogP contribution in [0.15, 0.2) is 224 Å². The van der Waals surface area contributed by atoms with Crippen molar-refractivity contribution in [3.05, 3.63) is 236 Å². The second-order valence-electron chi connectivity index (χ2n) is 17.0. The van der Waals surface area contributed by atoms with Gasteiger partial charge in [0.05, 0.1) is 22.4 Å². The molecule has 1 aliphatic carbocycles. The molecule has 1 aromatic heterocycles. The van der Waals surface area contributed by atoms with Crippen molar-refractivity contribution in [1.82, 2.24) is 4.57 Å². The molecule has 3 heteroatoms. The van der Waals surface area contributed by atoms with E-state index in [1.165, 1.54) is 60.1 Å². The molecule has 0 N–H and O–H groups in total. The van der Waals surface area contributed by atoms with Crippen molar-refractivity contribution >= 4 is 77.5 Å². The van der Waals surface area contributed by atoms with Crippen LogP contribution in [0.2, 0.25) is 0 Å². The predicted octanol–water partition coefficient (Wildman–Crippen LogP) is 16.3. The second-order valence-corrected chi connectivity index (χ2v) is 17.0. The zero-order chi connectivity index (χ0) is 41.4. The van der Waals surface area contributed by atoms with Gasteiger partial charge in [0.1, 0.15) is 0 Å². The highest BCUT2D eigenvalue weighted by Crippen LogP contribution is 2.54. The summed E-state index contributed by atoms with van der Waals surface area (Å²) in [7, 11) is 0. The molecule has 0 aliphatic heterocycles. The largest absolute Gasteiger partial charge is 0.310 e. The van der Waals surface area contributed by atoms with Gasteiger partial charge in [-0.2, -0.15) is 0 Å². The van der Waals surface area contributed by atoms with E-state index < -0.39 is 0 Å². The van der Waals surface area contributed by atoms with E-state index in [0.29, 0.717) is 0 Å². The van der Waals surface area contributed by atoms with Gasteiger partial charge < -0.3 is 14.4 Å². The standard InChI is InChI=1S/C59H43N3/c1-59(2)51-35-33-46(37-50(51)56-48-29-17-15-19-40(48)31-34-52(56)59)61(44-25-11-5-12-26-44)54-38-47(60(42-21-7-3-8-22-42)43-23-9-4-10-24-43)39-55-58(54)57-49-30-18-16-20-41(49)32-36-53(57)62(55)45-27-13-6-14-28-45/h3-39H,1-2H3. The van der Waals surface area contributed by atoms with E-state index in [9.17, 15) is 0 Å². The highest BCUT2D eigenvalue weighted by molar-refractivity contribution is 6.26. The van der Waals surface area contributed by atoms with E-state index in [2.05, 4.69) is 253 Å². The van der Waals surface area contributed by atoms with E-state index in [4.69, 9.17) is 0 Å². The van der Waals surface area contributed by atoms with Gasteiger partial charge in [-0.1, -0.05) is 159 Å². The molecule has 0 bridgehead atoms. The zero-order valence-electron chi connectivity index (χ0n) is 34.7. The molecule has 0 saturated heterocycles. The van der Waals surface area contributed by atoms with E-state index in [-0.39, 0.29) is 5.41 Å². The average Bonchev–Trinajstić information content (AvgIpc) is 3.79. The van der Waals surface area contributed by atoms with Gasteiger partial charge in [0.15, 0.2) is 0 Å². The van der Waals surface area contributed by atoms with Crippen LogP contribution in [0.4, 0.5) is 34.1 Å². The zero-order valence-corrected chi connectivity index (χ0v) is 34.7. The molecule has 0 amide bonds. The molecule has 0 radical (unpaired) electrons. The van der Waals surface area contributed by atoms with Crippen LogP contribution in [0.25, 0.3) is 60.2 Å². The molecule has 0 spiro atoms. The molecule has 11 aromatic rings. The van der Waals surface area contributed by atoms with Crippen molar-refractivity contribution < 1.29 is 0 Å². The van der Waals surface area contributed by atoms with Crippen LogP contribution in [0.1, 0.15) is 25.0 Å². The molecule has 0 atom stereocenters. The molecular formula is C59H43N3. The summed E-state index contributed by atoms with van der Waals surface area (Å²) in [5.74, 6) is 0. The van der Waals surface area contributed by atoms with Crippen molar-refractivity contribution in [1.29, 1.82) is 0 Å². The Balaban J connectivity index is 1.24. The number of rotatable bonds is 7. The summed E-state index contributed by atoms with van der Waals surface area (Å²) in [5, 5.41) is 7.42. The van der Waals surface area contributed by atoms with Gasteiger partial charge in [0.25, 0.3) is 0 Å². The molecule has 12 rings (SSSR count). The third kappa shape index (κ3) is 5.52. The number of hydrogen-bond acceptors (Lipinski definition) is 2. The number of para-hydroxylation sites is 4. The molecule has 294 valence electrons. The predicted molar refractivity (Wildman–Crippen MR) is 263 cm³/mol. The second kappa shape index (κ2) is 14.1. The van der Waals surface area contributed by atoms with E-state index >= 15 is 0 Å². The highest BCUT2D eigenvalue weighted by atomic mass is 15.2. The van der Waals surface area contributed by atoms with E-state index in [1.807, 2.05) is 0 Å². The van der Waals surface area contributed by atoms with Gasteiger partial charge in [0, 0.05) is 44.6 Å². The van der Waals surface area contributed by atoms with Gasteiger partial charge in [-0.15, -0.1) is 0 Å². The number of hydrogen-bond donors (Lipinski definition) is 0. The Bertz CT molecular complexity index is 3440. The molecule has 1 aliphatic rings. The Kier molecular flexibility index (Phi) is 8.20. The smallest absolute Gasteiger partial charge is 0.0583 e. The fourth-order valence-electron chi connectivity index (χ4n) is 10.3. The first-order valence-electron chi connectivity index (χ1n) is 21.5. The van der Waals surface area contributed by atoms with Gasteiger partial charge in [-0.3, -0.25) is 0 Å². The van der Waals surface area contributed by atoms with Crippen LogP contribution in [-0.4, -0.2) is 4.57 Å². The molecular weight excluding hydrogens is 751 g/mol. The third-order valence-electron chi connectivity index (χ3n) is 13.1. The van der Waals surface area contributed by atoms with Gasteiger partial charge >= 0.3 is 0 Å². The fraction of sp³-hybridized carbons (Fsp3) is 0.0508. The molecule has 0 saturated carbocycles. The Morgan fingerprint density at radius 2 is 0.903 bits per heavy atom. The lowest BCUT2D eigenvalue weighted by molar-refractivity contribution is 0.661. The molecule has 0 fully saturated rings. The highest BCUT2D eigenvalue weighted by Gasteiger charge is 2.37. The monoisotopic (exact) mass is 793 g/mol. The molecule has 0 unspecified atom stereocenters. The first-order chi connectivity index (χ1) is 30.5. The first kappa shape index (κ1) is 36.0. The third-order valence-corrected chi connectivity index (χ3v) is 13.1. The van der Waals surface area contributed by atoms with Crippen molar-refractivity contribution in [2.45, 2.75) is 19.3 Å². The summed E-state index contributed by atoms with van der Waals surface area (Å²) in [5.41, 5.74) is 15.2. The quantitative estimate of drug-likeness (QED) is 0.159. The number of fused-ring (bicyclic) bond motifs is 10. The maximum Gasteiger partial charge on any atom is 0.0583 e. The summed E-state index contributed by atoms with van der Waals surface area (Å²) < 4.78 is 2.47. The Morgan fingerprint density at radius 1 is 0.371 bits per heavy atom. The Morgan fingerprint density at radius 3 is 1.56 bits per heavy atom. The maximum atomic E-state index is 2.51. The lowest BCUT2D eigenvalue weighted by atomic mass is 9.82. The lowest BCUT2D eigenvalue weighted by Gasteiger charge is -2.31. The van der Waals surface area contributed by atoms with Gasteiger partial charge in [-0.05, 0) is 123 Å². The molecule has 62 heavy (non-hydrogen) atoms. The summed E-state index contributed by atoms with van der Waals surface area (Å²) in [4.78, 5) is 4.90. The average molecular weight is 794 g/mol. The minimum absolute atomic E-state index is 0.147. The van der Waals surface area contributed by atoms with Crippen molar-refractivity contribution in [2.24, 2.45) is 0 Å². The van der Waals surface area contributed by atoms with Crippen LogP contribution in [0, 0.1) is 0 Å². The topological polar surface area (TPSA) is 11.4 Å². The number of benzene rings is 10. The normalized spacial score (nSPS) is 12.8. The summed E-state index contributed by atoms with van der Waals surface area (Å²) >= 11 is 0. The van der Waals surface area contributed by atoms with Crippen LogP contribution in [0.3, 0.4) is 0 Å². The van der Waals surface area contributed by atoms with Crippen molar-refractivity contribution in [3.63, 3.8) is 0 Å². The van der Waals surface area contributed by atoms with Crippen LogP contribution in [-0.2, 0) is 5.41 Å². The Hall–Kier alpha value is -7.88. The summed E-state index contributed by atoms with van der Waals surface area (Å²) in [6.45, 7) is 4.75. The number of nitrogens with zero attached hydrogens (tertiary/aromatic N) is 3. The maximum absolute atomic E-state index is 2.51. The minimum Gasteiger partial charge on any atom is -0.310 e. The minimum atomic E-state index is -0.147. The fourth-order valence-corrected chi connectivity index (χ4v) is 10.3. The van der Waals surface area contributed by atoms with Crippen molar-refractivity contribution in [2.75, 3.05) is 9.80 Å². The van der Waals surface area contributed by atoms with Crippen LogP contribution < -0.4 is 9.80 Å². The van der Waals surface area contributed by atoms with Crippen molar-refractivity contribution in [3.8, 4) is 16.8 Å². The van der Waals surface area contributed by atoms with Crippen LogP contribution >= 0.6 is 0 Å². The molecule has 3 nitrogen and oxygen atoms in total.